The van der Waals surface area contributed by atoms with Crippen molar-refractivity contribution in [3.8, 4) is 11.5 Å². The number of nitrogens with zero attached hydrogens (tertiary/aromatic N) is 2. The molecule has 33 heavy (non-hydrogen) atoms. The minimum Gasteiger partial charge on any atom is -0.496 e. The van der Waals surface area contributed by atoms with Crippen molar-refractivity contribution in [2.45, 2.75) is 26.1 Å². The third kappa shape index (κ3) is 6.40. The van der Waals surface area contributed by atoms with Gasteiger partial charge in [-0.3, -0.25) is 4.79 Å². The molecule has 0 saturated heterocycles. The van der Waals surface area contributed by atoms with Crippen molar-refractivity contribution in [3.63, 3.8) is 0 Å². The number of carbonyl (C=O) groups excluding carboxylic acids is 1. The first-order valence-corrected chi connectivity index (χ1v) is 12.1. The molecule has 0 N–H and O–H groups in total. The van der Waals surface area contributed by atoms with Crippen molar-refractivity contribution < 1.29 is 18.7 Å². The van der Waals surface area contributed by atoms with Crippen LogP contribution in [0, 0.1) is 5.82 Å². The SMILES string of the molecule is COc1ccccc1CN(Cc1cccs1)C(=O)Cc1csc(COc2ccc(F)cc2)n1. The molecule has 0 fully saturated rings. The quantitative estimate of drug-likeness (QED) is 0.291. The number of rotatable bonds is 10. The molecule has 0 atom stereocenters. The smallest absolute Gasteiger partial charge is 0.229 e. The van der Waals surface area contributed by atoms with Crippen molar-refractivity contribution in [2.75, 3.05) is 7.11 Å². The van der Waals surface area contributed by atoms with Crippen LogP contribution in [0.2, 0.25) is 0 Å². The first kappa shape index (κ1) is 22.9. The van der Waals surface area contributed by atoms with Crippen molar-refractivity contribution in [1.82, 2.24) is 9.88 Å². The highest BCUT2D eigenvalue weighted by Crippen LogP contribution is 2.23. The number of aromatic nitrogens is 1. The lowest BCUT2D eigenvalue weighted by Crippen LogP contribution is -2.31. The van der Waals surface area contributed by atoms with Crippen LogP contribution < -0.4 is 9.47 Å². The summed E-state index contributed by atoms with van der Waals surface area (Å²) in [4.78, 5) is 20.8. The summed E-state index contributed by atoms with van der Waals surface area (Å²) in [6, 6.07) is 17.6. The monoisotopic (exact) mass is 482 g/mol. The number of amides is 1. The van der Waals surface area contributed by atoms with E-state index in [9.17, 15) is 9.18 Å². The second kappa shape index (κ2) is 11.1. The molecule has 4 aromatic rings. The van der Waals surface area contributed by atoms with Crippen molar-refractivity contribution in [1.29, 1.82) is 0 Å². The van der Waals surface area contributed by atoms with Crippen LogP contribution in [-0.2, 0) is 30.9 Å². The molecule has 0 spiro atoms. The normalized spacial score (nSPS) is 10.7. The van der Waals surface area contributed by atoms with Crippen molar-refractivity contribution in [3.05, 3.63) is 98.4 Å². The molecule has 0 saturated carbocycles. The molecule has 0 aliphatic heterocycles. The topological polar surface area (TPSA) is 51.7 Å². The summed E-state index contributed by atoms with van der Waals surface area (Å²) in [7, 11) is 1.63. The maximum Gasteiger partial charge on any atom is 0.229 e. The minimum absolute atomic E-state index is 0.00870. The van der Waals surface area contributed by atoms with E-state index in [2.05, 4.69) is 4.98 Å². The zero-order chi connectivity index (χ0) is 23.0. The summed E-state index contributed by atoms with van der Waals surface area (Å²) in [6.07, 6.45) is 0.202. The van der Waals surface area contributed by atoms with Crippen LogP contribution >= 0.6 is 22.7 Å². The predicted octanol–water partition coefficient (Wildman–Crippen LogP) is 5.70. The van der Waals surface area contributed by atoms with E-state index < -0.39 is 0 Å². The van der Waals surface area contributed by atoms with E-state index in [4.69, 9.17) is 9.47 Å². The number of methoxy groups -OCH3 is 1. The van der Waals surface area contributed by atoms with E-state index in [1.54, 1.807) is 30.6 Å². The zero-order valence-electron chi connectivity index (χ0n) is 18.1. The van der Waals surface area contributed by atoms with Gasteiger partial charge in [0.05, 0.1) is 25.8 Å². The Morgan fingerprint density at radius 3 is 2.61 bits per heavy atom. The minimum atomic E-state index is -0.308. The van der Waals surface area contributed by atoms with Gasteiger partial charge in [0, 0.05) is 22.4 Å². The largest absolute Gasteiger partial charge is 0.496 e. The Labute approximate surface area is 200 Å². The van der Waals surface area contributed by atoms with Gasteiger partial charge < -0.3 is 14.4 Å². The fraction of sp³-hybridized carbons (Fsp3) is 0.200. The van der Waals surface area contributed by atoms with Gasteiger partial charge in [-0.25, -0.2) is 9.37 Å². The number of ether oxygens (including phenoxy) is 2. The lowest BCUT2D eigenvalue weighted by Gasteiger charge is -2.23. The summed E-state index contributed by atoms with van der Waals surface area (Å²) < 4.78 is 24.2. The number of hydrogen-bond acceptors (Lipinski definition) is 6. The number of halogens is 1. The van der Waals surface area contributed by atoms with Gasteiger partial charge in [0.25, 0.3) is 0 Å². The van der Waals surface area contributed by atoms with Gasteiger partial charge in [-0.15, -0.1) is 22.7 Å². The predicted molar refractivity (Wildman–Crippen MR) is 128 cm³/mol. The van der Waals surface area contributed by atoms with Crippen LogP contribution in [-0.4, -0.2) is 22.9 Å². The molecular weight excluding hydrogens is 459 g/mol. The Kier molecular flexibility index (Phi) is 7.70. The lowest BCUT2D eigenvalue weighted by atomic mass is 10.1. The number of benzene rings is 2. The Morgan fingerprint density at radius 1 is 1.03 bits per heavy atom. The Balaban J connectivity index is 1.42. The van der Waals surface area contributed by atoms with Gasteiger partial charge >= 0.3 is 0 Å². The lowest BCUT2D eigenvalue weighted by molar-refractivity contribution is -0.131. The Morgan fingerprint density at radius 2 is 1.85 bits per heavy atom. The summed E-state index contributed by atoms with van der Waals surface area (Å²) in [6.45, 7) is 1.25. The highest BCUT2D eigenvalue weighted by molar-refractivity contribution is 7.10. The summed E-state index contributed by atoms with van der Waals surface area (Å²) in [5.74, 6) is 1.02. The number of hydrogen-bond donors (Lipinski definition) is 0. The van der Waals surface area contributed by atoms with Crippen LogP contribution in [0.4, 0.5) is 4.39 Å². The second-order valence-corrected chi connectivity index (χ2v) is 9.27. The number of carbonyl (C=O) groups is 1. The third-order valence-corrected chi connectivity index (χ3v) is 6.67. The summed E-state index contributed by atoms with van der Waals surface area (Å²) in [5, 5.41) is 4.65. The van der Waals surface area contributed by atoms with Gasteiger partial charge in [0.1, 0.15) is 28.9 Å². The molecule has 170 valence electrons. The van der Waals surface area contributed by atoms with Gasteiger partial charge in [-0.05, 0) is 41.8 Å². The first-order chi connectivity index (χ1) is 16.1. The van der Waals surface area contributed by atoms with Crippen LogP contribution in [0.1, 0.15) is 21.1 Å². The average Bonchev–Trinajstić information content (AvgIpc) is 3.51. The standard InChI is InChI=1S/C25H23FN2O3S2/c1-30-23-7-3-2-5-18(23)14-28(15-22-6-4-12-32-22)25(29)13-20-17-33-24(27-20)16-31-21-10-8-19(26)9-11-21/h2-12,17H,13-16H2,1H3. The van der Waals surface area contributed by atoms with E-state index in [-0.39, 0.29) is 24.8 Å². The second-order valence-electron chi connectivity index (χ2n) is 7.29. The molecule has 0 bridgehead atoms. The van der Waals surface area contributed by atoms with E-state index >= 15 is 0 Å². The van der Waals surface area contributed by atoms with E-state index in [1.165, 1.54) is 23.5 Å². The van der Waals surface area contributed by atoms with E-state index in [0.29, 0.717) is 24.5 Å². The highest BCUT2D eigenvalue weighted by atomic mass is 32.1. The maximum atomic E-state index is 13.3. The van der Waals surface area contributed by atoms with E-state index in [0.717, 1.165) is 21.2 Å². The van der Waals surface area contributed by atoms with Crippen LogP contribution in [0.25, 0.3) is 0 Å². The molecule has 0 aliphatic carbocycles. The average molecular weight is 483 g/mol. The summed E-state index contributed by atoms with van der Waals surface area (Å²) in [5.41, 5.74) is 1.66. The molecule has 2 aromatic heterocycles. The van der Waals surface area contributed by atoms with Gasteiger partial charge in [0.2, 0.25) is 5.91 Å². The van der Waals surface area contributed by atoms with Gasteiger partial charge in [-0.1, -0.05) is 24.3 Å². The molecule has 8 heteroatoms. The van der Waals surface area contributed by atoms with E-state index in [1.807, 2.05) is 52.1 Å². The molecule has 0 unspecified atom stereocenters. The fourth-order valence-electron chi connectivity index (χ4n) is 3.30. The van der Waals surface area contributed by atoms with Gasteiger partial charge in [-0.2, -0.15) is 0 Å². The number of thiophene rings is 1. The summed E-state index contributed by atoms with van der Waals surface area (Å²) >= 11 is 3.07. The molecule has 1 amide bonds. The zero-order valence-corrected chi connectivity index (χ0v) is 19.7. The third-order valence-electron chi connectivity index (χ3n) is 4.94. The molecule has 5 nitrogen and oxygen atoms in total. The first-order valence-electron chi connectivity index (χ1n) is 10.3. The molecule has 4 rings (SSSR count). The van der Waals surface area contributed by atoms with Crippen LogP contribution in [0.15, 0.2) is 71.4 Å². The maximum absolute atomic E-state index is 13.3. The van der Waals surface area contributed by atoms with Crippen LogP contribution in [0.3, 0.4) is 0 Å². The van der Waals surface area contributed by atoms with Crippen molar-refractivity contribution in [2.24, 2.45) is 0 Å². The van der Waals surface area contributed by atoms with Crippen molar-refractivity contribution >= 4 is 28.6 Å². The highest BCUT2D eigenvalue weighted by Gasteiger charge is 2.19. The Hall–Kier alpha value is -3.23. The molecular formula is C25H23FN2O3S2. The molecule has 0 radical (unpaired) electrons. The molecule has 0 aliphatic rings. The molecule has 2 heterocycles. The van der Waals surface area contributed by atoms with Gasteiger partial charge in [0.15, 0.2) is 0 Å². The number of para-hydroxylation sites is 1. The molecule has 2 aromatic carbocycles. The Bertz CT molecular complexity index is 1180. The van der Waals surface area contributed by atoms with Crippen LogP contribution in [0.5, 0.6) is 11.5 Å². The fourth-order valence-corrected chi connectivity index (χ4v) is 4.73. The number of thiazole rings is 1.